The second kappa shape index (κ2) is 6.57. The van der Waals surface area contributed by atoms with E-state index in [0.717, 1.165) is 16.9 Å². The van der Waals surface area contributed by atoms with Crippen molar-refractivity contribution in [3.05, 3.63) is 57.0 Å². The molecule has 0 bridgehead atoms. The van der Waals surface area contributed by atoms with Gasteiger partial charge in [0.05, 0.1) is 26.4 Å². The quantitative estimate of drug-likeness (QED) is 0.816. The van der Waals surface area contributed by atoms with Crippen LogP contribution < -0.4 is 10.2 Å². The second-order valence-electron chi connectivity index (χ2n) is 4.60. The van der Waals surface area contributed by atoms with Crippen molar-refractivity contribution in [3.63, 3.8) is 0 Å². The third kappa shape index (κ3) is 3.32. The monoisotopic (exact) mass is 328 g/mol. The Bertz CT molecular complexity index is 612. The normalized spacial score (nSPS) is 10.4. The highest BCUT2D eigenvalue weighted by Crippen LogP contribution is 2.33. The fraction of sp³-hybridized carbons (Fsp3) is 0.200. The van der Waals surface area contributed by atoms with Gasteiger partial charge in [-0.1, -0.05) is 53.0 Å². The lowest BCUT2D eigenvalue weighted by Gasteiger charge is -2.20. The number of nitrogens with one attached hydrogen (secondary N) is 1. The molecule has 2 aromatic carbocycles. The van der Waals surface area contributed by atoms with Crippen LogP contribution in [0.1, 0.15) is 5.56 Å². The molecule has 0 aliphatic rings. The maximum Gasteiger partial charge on any atom is 0.0786 e. The Labute approximate surface area is 134 Å². The van der Waals surface area contributed by atoms with Crippen molar-refractivity contribution in [1.29, 1.82) is 0 Å². The summed E-state index contributed by atoms with van der Waals surface area (Å²) in [6.07, 6.45) is 0. The predicted molar refractivity (Wildman–Crippen MR) is 89.6 cm³/mol. The molecular formula is C15H15Cl3N2. The molecule has 0 fully saturated rings. The molecule has 1 N–H and O–H groups in total. The van der Waals surface area contributed by atoms with E-state index in [1.807, 2.05) is 49.3 Å². The molecule has 0 atom stereocenters. The SMILES string of the molecule is CN(C)c1c(Cl)cccc1NCc1cccc(Cl)c1Cl. The molecule has 5 heteroatoms. The smallest absolute Gasteiger partial charge is 0.0786 e. The molecule has 2 rings (SSSR count). The van der Waals surface area contributed by atoms with Gasteiger partial charge in [0.25, 0.3) is 0 Å². The van der Waals surface area contributed by atoms with Crippen LogP contribution in [0.3, 0.4) is 0 Å². The topological polar surface area (TPSA) is 15.3 Å². The van der Waals surface area contributed by atoms with Crippen molar-refractivity contribution in [2.24, 2.45) is 0 Å². The zero-order chi connectivity index (χ0) is 14.7. The Hall–Kier alpha value is -1.09. The van der Waals surface area contributed by atoms with Crippen molar-refractivity contribution in [2.75, 3.05) is 24.3 Å². The number of nitrogens with zero attached hydrogens (tertiary/aromatic N) is 1. The minimum atomic E-state index is 0.560. The van der Waals surface area contributed by atoms with Gasteiger partial charge < -0.3 is 10.2 Å². The summed E-state index contributed by atoms with van der Waals surface area (Å²) in [5.41, 5.74) is 2.86. The molecule has 0 heterocycles. The lowest BCUT2D eigenvalue weighted by Crippen LogP contribution is -2.13. The average molecular weight is 330 g/mol. The Balaban J connectivity index is 2.23. The van der Waals surface area contributed by atoms with Gasteiger partial charge in [-0.15, -0.1) is 0 Å². The highest BCUT2D eigenvalue weighted by Gasteiger charge is 2.10. The van der Waals surface area contributed by atoms with Crippen LogP contribution in [0, 0.1) is 0 Å². The Morgan fingerprint density at radius 1 is 0.950 bits per heavy atom. The van der Waals surface area contributed by atoms with Crippen LogP contribution in [-0.2, 0) is 6.54 Å². The van der Waals surface area contributed by atoms with Crippen LogP contribution >= 0.6 is 34.8 Å². The summed E-state index contributed by atoms with van der Waals surface area (Å²) < 4.78 is 0. The van der Waals surface area contributed by atoms with Crippen molar-refractivity contribution in [2.45, 2.75) is 6.54 Å². The number of anilines is 2. The van der Waals surface area contributed by atoms with E-state index in [4.69, 9.17) is 34.8 Å². The van der Waals surface area contributed by atoms with Crippen LogP contribution in [0.4, 0.5) is 11.4 Å². The minimum absolute atomic E-state index is 0.560. The zero-order valence-electron chi connectivity index (χ0n) is 11.3. The Morgan fingerprint density at radius 3 is 2.30 bits per heavy atom. The Kier molecular flexibility index (Phi) is 5.03. The van der Waals surface area contributed by atoms with Gasteiger partial charge >= 0.3 is 0 Å². The minimum Gasteiger partial charge on any atom is -0.379 e. The molecule has 0 aromatic heterocycles. The summed E-state index contributed by atoms with van der Waals surface area (Å²) >= 11 is 18.4. The van der Waals surface area contributed by atoms with Crippen molar-refractivity contribution in [3.8, 4) is 0 Å². The fourth-order valence-electron chi connectivity index (χ4n) is 1.99. The molecule has 0 aliphatic carbocycles. The maximum atomic E-state index is 6.23. The van der Waals surface area contributed by atoms with Gasteiger partial charge in [0, 0.05) is 20.6 Å². The van der Waals surface area contributed by atoms with E-state index in [-0.39, 0.29) is 0 Å². The Morgan fingerprint density at radius 2 is 1.60 bits per heavy atom. The van der Waals surface area contributed by atoms with Gasteiger partial charge in [-0.2, -0.15) is 0 Å². The first-order valence-electron chi connectivity index (χ1n) is 6.13. The van der Waals surface area contributed by atoms with E-state index in [1.54, 1.807) is 6.07 Å². The first kappa shape index (κ1) is 15.3. The van der Waals surface area contributed by atoms with Crippen molar-refractivity contribution >= 4 is 46.2 Å². The third-order valence-electron chi connectivity index (χ3n) is 2.93. The van der Waals surface area contributed by atoms with Gasteiger partial charge in [-0.05, 0) is 23.8 Å². The fourth-order valence-corrected chi connectivity index (χ4v) is 2.72. The number of benzene rings is 2. The molecule has 0 saturated heterocycles. The summed E-state index contributed by atoms with van der Waals surface area (Å²) in [6, 6.07) is 11.4. The van der Waals surface area contributed by atoms with Gasteiger partial charge in [0.15, 0.2) is 0 Å². The molecule has 2 nitrogen and oxygen atoms in total. The van der Waals surface area contributed by atoms with Crippen LogP contribution in [0.5, 0.6) is 0 Å². The molecule has 0 saturated carbocycles. The molecule has 20 heavy (non-hydrogen) atoms. The van der Waals surface area contributed by atoms with Crippen LogP contribution in [-0.4, -0.2) is 14.1 Å². The largest absolute Gasteiger partial charge is 0.379 e. The highest BCUT2D eigenvalue weighted by molar-refractivity contribution is 6.42. The van der Waals surface area contributed by atoms with Gasteiger partial charge in [0.2, 0.25) is 0 Å². The maximum absolute atomic E-state index is 6.23. The lowest BCUT2D eigenvalue weighted by atomic mass is 10.2. The van der Waals surface area contributed by atoms with Gasteiger partial charge in [0.1, 0.15) is 0 Å². The van der Waals surface area contributed by atoms with Gasteiger partial charge in [-0.3, -0.25) is 0 Å². The number of halogens is 3. The highest BCUT2D eigenvalue weighted by atomic mass is 35.5. The molecular weight excluding hydrogens is 315 g/mol. The second-order valence-corrected chi connectivity index (χ2v) is 5.79. The van der Waals surface area contributed by atoms with Crippen LogP contribution in [0.2, 0.25) is 15.1 Å². The van der Waals surface area contributed by atoms with E-state index in [9.17, 15) is 0 Å². The third-order valence-corrected chi connectivity index (χ3v) is 4.10. The zero-order valence-corrected chi connectivity index (χ0v) is 13.5. The first-order valence-corrected chi connectivity index (χ1v) is 7.26. The molecule has 106 valence electrons. The lowest BCUT2D eigenvalue weighted by molar-refractivity contribution is 1.10. The number of rotatable bonds is 4. The van der Waals surface area contributed by atoms with Crippen molar-refractivity contribution in [1.82, 2.24) is 0 Å². The summed E-state index contributed by atoms with van der Waals surface area (Å²) in [4.78, 5) is 1.98. The van der Waals surface area contributed by atoms with Crippen molar-refractivity contribution < 1.29 is 0 Å². The summed E-state index contributed by atoms with van der Waals surface area (Å²) in [5, 5.41) is 5.20. The standard InChI is InChI=1S/C15H15Cl3N2/c1-20(2)15-12(17)7-4-8-13(15)19-9-10-5-3-6-11(16)14(10)18/h3-8,19H,9H2,1-2H3. The first-order chi connectivity index (χ1) is 9.50. The molecule has 2 aromatic rings. The van der Waals surface area contributed by atoms with Crippen LogP contribution in [0.15, 0.2) is 36.4 Å². The van der Waals surface area contributed by atoms with Gasteiger partial charge in [-0.25, -0.2) is 0 Å². The molecule has 0 amide bonds. The summed E-state index contributed by atoms with van der Waals surface area (Å²) in [6.45, 7) is 0.584. The molecule has 0 unspecified atom stereocenters. The predicted octanol–water partition coefficient (Wildman–Crippen LogP) is 5.32. The van der Waals surface area contributed by atoms with Crippen LogP contribution in [0.25, 0.3) is 0 Å². The van der Waals surface area contributed by atoms with E-state index >= 15 is 0 Å². The molecule has 0 aliphatic heterocycles. The average Bonchev–Trinajstić information content (AvgIpc) is 2.40. The number of para-hydroxylation sites is 1. The van der Waals surface area contributed by atoms with E-state index in [2.05, 4.69) is 5.32 Å². The van der Waals surface area contributed by atoms with E-state index in [1.165, 1.54) is 0 Å². The number of hydrogen-bond acceptors (Lipinski definition) is 2. The molecule has 0 spiro atoms. The van der Waals surface area contributed by atoms with E-state index in [0.29, 0.717) is 21.6 Å². The number of hydrogen-bond donors (Lipinski definition) is 1. The van der Waals surface area contributed by atoms with E-state index < -0.39 is 0 Å². The molecule has 0 radical (unpaired) electrons. The summed E-state index contributed by atoms with van der Waals surface area (Å²) in [7, 11) is 3.91. The summed E-state index contributed by atoms with van der Waals surface area (Å²) in [5.74, 6) is 0.